The van der Waals surface area contributed by atoms with Crippen LogP contribution in [0.1, 0.15) is 23.3 Å². The van der Waals surface area contributed by atoms with E-state index in [2.05, 4.69) is 9.71 Å². The molecule has 1 amide bonds. The van der Waals surface area contributed by atoms with E-state index in [0.29, 0.717) is 44.7 Å². The second-order valence-electron chi connectivity index (χ2n) is 10.5. The Labute approximate surface area is 229 Å². The van der Waals surface area contributed by atoms with Crippen LogP contribution in [0.25, 0.3) is 11.1 Å². The van der Waals surface area contributed by atoms with Crippen LogP contribution in [0.4, 0.5) is 0 Å². The van der Waals surface area contributed by atoms with Gasteiger partial charge in [0, 0.05) is 44.3 Å². The third kappa shape index (κ3) is 6.30. The number of sulfonamides is 1. The van der Waals surface area contributed by atoms with Crippen LogP contribution in [-0.4, -0.2) is 86.7 Å². The zero-order chi connectivity index (χ0) is 27.5. The molecule has 3 heterocycles. The molecule has 0 saturated carbocycles. The second kappa shape index (κ2) is 11.4. The zero-order valence-corrected chi connectivity index (χ0v) is 22.8. The largest absolute Gasteiger partial charge is 0.492 e. The number of likely N-dealkylation sites (N-methyl/N-ethyl adjacent to an activating group) is 1. The van der Waals surface area contributed by atoms with E-state index in [4.69, 9.17) is 4.74 Å². The normalized spacial score (nSPS) is 21.7. The highest BCUT2D eigenvalue weighted by Gasteiger charge is 2.39. The highest BCUT2D eigenvalue weighted by Crippen LogP contribution is 2.37. The number of hydrogen-bond acceptors (Lipinski definition) is 7. The number of nitrogens with one attached hydrogen (secondary N) is 1. The summed E-state index contributed by atoms with van der Waals surface area (Å²) in [5, 5.41) is 10.6. The Morgan fingerprint density at radius 3 is 2.51 bits per heavy atom. The second-order valence-corrected chi connectivity index (χ2v) is 12.3. The van der Waals surface area contributed by atoms with Crippen molar-refractivity contribution < 1.29 is 23.1 Å². The first kappa shape index (κ1) is 27.3. The number of aromatic nitrogens is 1. The molecule has 3 aromatic rings. The molecular formula is C29H34N4O5S. The van der Waals surface area contributed by atoms with Crippen molar-refractivity contribution >= 4 is 15.9 Å². The van der Waals surface area contributed by atoms with E-state index in [9.17, 15) is 18.3 Å². The van der Waals surface area contributed by atoms with E-state index in [1.54, 1.807) is 42.6 Å². The van der Waals surface area contributed by atoms with Crippen LogP contribution in [0.5, 0.6) is 5.75 Å². The molecule has 39 heavy (non-hydrogen) atoms. The standard InChI is InChI=1S/C29H34N4O5S/c1-32-19-24(34)18-31-39(36,37)27-11-10-23(22-7-3-2-4-8-22)17-26(27)38-21-29(20-32)12-15-33(16-13-29)28(35)25-9-5-6-14-30-25/h2-11,14,17,24,31,34H,12-13,15-16,18-21H2,1H3. The number of amides is 1. The van der Waals surface area contributed by atoms with Gasteiger partial charge in [0.15, 0.2) is 0 Å². The number of pyridine rings is 1. The summed E-state index contributed by atoms with van der Waals surface area (Å²) in [7, 11) is -2.01. The van der Waals surface area contributed by atoms with E-state index < -0.39 is 16.1 Å². The number of nitrogens with zero attached hydrogens (tertiary/aromatic N) is 3. The van der Waals surface area contributed by atoms with Gasteiger partial charge in [-0.1, -0.05) is 42.5 Å². The van der Waals surface area contributed by atoms with Crippen LogP contribution in [0.15, 0.2) is 77.8 Å². The number of piperidine rings is 1. The molecule has 2 aromatic carbocycles. The lowest BCUT2D eigenvalue weighted by atomic mass is 9.78. The maximum Gasteiger partial charge on any atom is 0.272 e. The Balaban J connectivity index is 1.44. The maximum atomic E-state index is 13.2. The zero-order valence-electron chi connectivity index (χ0n) is 22.0. The quantitative estimate of drug-likeness (QED) is 0.505. The molecule has 1 atom stereocenters. The van der Waals surface area contributed by atoms with Gasteiger partial charge in [-0.15, -0.1) is 0 Å². The Morgan fingerprint density at radius 2 is 1.79 bits per heavy atom. The summed E-state index contributed by atoms with van der Waals surface area (Å²) in [6, 6.07) is 20.1. The number of fused-ring (bicyclic) bond motifs is 1. The smallest absolute Gasteiger partial charge is 0.272 e. The fourth-order valence-corrected chi connectivity index (χ4v) is 6.61. The van der Waals surface area contributed by atoms with Crippen LogP contribution >= 0.6 is 0 Å². The summed E-state index contributed by atoms with van der Waals surface area (Å²) in [5.41, 5.74) is 1.88. The van der Waals surface area contributed by atoms with Crippen molar-refractivity contribution in [1.29, 1.82) is 0 Å². The summed E-state index contributed by atoms with van der Waals surface area (Å²) in [5.74, 6) is 0.172. The van der Waals surface area contributed by atoms with Gasteiger partial charge in [-0.05, 0) is 55.3 Å². The lowest BCUT2D eigenvalue weighted by Gasteiger charge is -2.44. The third-order valence-electron chi connectivity index (χ3n) is 7.51. The lowest BCUT2D eigenvalue weighted by Crippen LogP contribution is -2.51. The first-order valence-corrected chi connectivity index (χ1v) is 14.6. The first-order valence-electron chi connectivity index (χ1n) is 13.1. The van der Waals surface area contributed by atoms with Gasteiger partial charge in [-0.2, -0.15) is 0 Å². The van der Waals surface area contributed by atoms with E-state index in [1.807, 2.05) is 47.2 Å². The molecule has 5 rings (SSSR count). The fraction of sp³-hybridized carbons (Fsp3) is 0.379. The highest BCUT2D eigenvalue weighted by atomic mass is 32.2. The van der Waals surface area contributed by atoms with E-state index in [1.165, 1.54) is 0 Å². The predicted molar refractivity (Wildman–Crippen MR) is 148 cm³/mol. The number of likely N-dealkylation sites (tertiary alicyclic amines) is 1. The van der Waals surface area contributed by atoms with Crippen LogP contribution in [-0.2, 0) is 10.0 Å². The number of benzene rings is 2. The van der Waals surface area contributed by atoms with E-state index >= 15 is 0 Å². The monoisotopic (exact) mass is 550 g/mol. The Bertz CT molecular complexity index is 1390. The third-order valence-corrected chi connectivity index (χ3v) is 8.97. The van der Waals surface area contributed by atoms with Crippen LogP contribution in [0, 0.1) is 5.41 Å². The molecular weight excluding hydrogens is 516 g/mol. The average molecular weight is 551 g/mol. The number of hydrogen-bond donors (Lipinski definition) is 2. The van der Waals surface area contributed by atoms with Crippen molar-refractivity contribution in [3.05, 3.63) is 78.6 Å². The summed E-state index contributed by atoms with van der Waals surface area (Å²) in [6.45, 7) is 2.18. The summed E-state index contributed by atoms with van der Waals surface area (Å²) in [6.07, 6.45) is 2.08. The first-order chi connectivity index (χ1) is 18.7. The van der Waals surface area contributed by atoms with Gasteiger partial charge >= 0.3 is 0 Å². The molecule has 1 aromatic heterocycles. The van der Waals surface area contributed by atoms with Gasteiger partial charge in [0.25, 0.3) is 5.91 Å². The van der Waals surface area contributed by atoms with Crippen LogP contribution in [0.2, 0.25) is 0 Å². The Kier molecular flexibility index (Phi) is 7.99. The van der Waals surface area contributed by atoms with Crippen LogP contribution in [0.3, 0.4) is 0 Å². The molecule has 10 heteroatoms. The van der Waals surface area contributed by atoms with Gasteiger partial charge in [0.05, 0.1) is 12.7 Å². The van der Waals surface area contributed by atoms with Gasteiger partial charge < -0.3 is 19.6 Å². The molecule has 1 fully saturated rings. The molecule has 0 radical (unpaired) electrons. The van der Waals surface area contributed by atoms with E-state index in [-0.39, 0.29) is 35.1 Å². The number of aliphatic hydroxyl groups is 1. The number of ether oxygens (including phenoxy) is 1. The molecule has 1 saturated heterocycles. The minimum absolute atomic E-state index is 0.0428. The Morgan fingerprint density at radius 1 is 1.05 bits per heavy atom. The lowest BCUT2D eigenvalue weighted by molar-refractivity contribution is 0.0157. The summed E-state index contributed by atoms with van der Waals surface area (Å²) < 4.78 is 35.4. The molecule has 206 valence electrons. The molecule has 2 N–H and O–H groups in total. The number of β-amino-alcohol motifs (C(OH)–C–C–N with tert-alkyl or cyclic N) is 1. The van der Waals surface area contributed by atoms with Crippen molar-refractivity contribution in [2.24, 2.45) is 5.41 Å². The number of aliphatic hydroxyl groups excluding tert-OH is 1. The summed E-state index contributed by atoms with van der Waals surface area (Å²) >= 11 is 0. The minimum atomic E-state index is -3.93. The van der Waals surface area contributed by atoms with Crippen molar-refractivity contribution in [3.63, 3.8) is 0 Å². The van der Waals surface area contributed by atoms with Crippen molar-refractivity contribution in [2.75, 3.05) is 46.4 Å². The van der Waals surface area contributed by atoms with Gasteiger partial charge in [-0.3, -0.25) is 9.78 Å². The van der Waals surface area contributed by atoms with E-state index in [0.717, 1.165) is 11.1 Å². The Hall–Kier alpha value is -3.31. The maximum absolute atomic E-state index is 13.2. The van der Waals surface area contributed by atoms with Gasteiger partial charge in [0.2, 0.25) is 10.0 Å². The van der Waals surface area contributed by atoms with Crippen molar-refractivity contribution in [3.8, 4) is 16.9 Å². The summed E-state index contributed by atoms with van der Waals surface area (Å²) in [4.78, 5) is 21.1. The predicted octanol–water partition coefficient (Wildman–Crippen LogP) is 2.63. The SMILES string of the molecule is CN1CC(O)CNS(=O)(=O)c2ccc(-c3ccccc3)cc2OCC2(CCN(C(=O)c3ccccn3)CC2)C1. The van der Waals surface area contributed by atoms with Crippen molar-refractivity contribution in [2.45, 2.75) is 23.8 Å². The molecule has 0 bridgehead atoms. The number of carbonyl (C=O) groups is 1. The molecule has 1 spiro atoms. The fourth-order valence-electron chi connectivity index (χ4n) is 5.41. The van der Waals surface area contributed by atoms with Crippen LogP contribution < -0.4 is 9.46 Å². The number of carbonyl (C=O) groups excluding carboxylic acids is 1. The molecule has 2 aliphatic heterocycles. The highest BCUT2D eigenvalue weighted by molar-refractivity contribution is 7.89. The number of rotatable bonds is 2. The van der Waals surface area contributed by atoms with Gasteiger partial charge in [0.1, 0.15) is 16.3 Å². The average Bonchev–Trinajstić information content (AvgIpc) is 2.95. The van der Waals surface area contributed by atoms with Gasteiger partial charge in [-0.25, -0.2) is 13.1 Å². The van der Waals surface area contributed by atoms with Crippen molar-refractivity contribution in [1.82, 2.24) is 19.5 Å². The molecule has 9 nitrogen and oxygen atoms in total. The molecule has 2 aliphatic rings. The molecule has 0 aliphatic carbocycles. The molecule has 1 unspecified atom stereocenters. The minimum Gasteiger partial charge on any atom is -0.492 e. The topological polar surface area (TPSA) is 112 Å².